The number of nitrogens with two attached hydrogens (primary N) is 1. The summed E-state index contributed by atoms with van der Waals surface area (Å²) >= 11 is 0. The van der Waals surface area contributed by atoms with Crippen LogP contribution in [-0.2, 0) is 23.9 Å². The van der Waals surface area contributed by atoms with Crippen LogP contribution < -0.4 is 15.2 Å². The zero-order chi connectivity index (χ0) is 26.2. The van der Waals surface area contributed by atoms with Crippen molar-refractivity contribution in [3.8, 4) is 34.5 Å². The van der Waals surface area contributed by atoms with Gasteiger partial charge in [-0.1, -0.05) is 6.92 Å². The monoisotopic (exact) mass is 526 g/mol. The molecule has 5 rings (SSSR count). The third-order valence-electron chi connectivity index (χ3n) is 5.71. The molecular weight excluding hydrogens is 508 g/mol. The average molecular weight is 526 g/mol. The topological polar surface area (TPSA) is 127 Å². The highest BCUT2D eigenvalue weighted by atomic mass is 32.2. The van der Waals surface area contributed by atoms with E-state index in [9.17, 15) is 26.0 Å². The van der Waals surface area contributed by atoms with Crippen LogP contribution in [0.25, 0.3) is 34.1 Å². The number of imidazole rings is 2. The normalized spacial score (nSPS) is 16.4. The van der Waals surface area contributed by atoms with Gasteiger partial charge in [0, 0.05) is 26.2 Å². The lowest BCUT2D eigenvalue weighted by Gasteiger charge is -2.31. The lowest BCUT2D eigenvalue weighted by Crippen LogP contribution is -2.52. The molecule has 36 heavy (non-hydrogen) atoms. The fraction of sp³-hybridized carbons (Fsp3) is 0.286. The van der Waals surface area contributed by atoms with Crippen molar-refractivity contribution >= 4 is 26.6 Å². The number of anilines is 1. The highest BCUT2D eigenvalue weighted by Crippen LogP contribution is 2.48. The van der Waals surface area contributed by atoms with Crippen LogP contribution in [0.2, 0.25) is 0 Å². The van der Waals surface area contributed by atoms with Crippen LogP contribution in [0.3, 0.4) is 0 Å². The number of fused-ring (bicyclic) bond motifs is 2. The molecule has 0 saturated carbocycles. The molecule has 2 N–H and O–H groups in total. The number of nitrogens with zero attached hydrogens (tertiary/aromatic N) is 5. The van der Waals surface area contributed by atoms with E-state index in [2.05, 4.69) is 24.4 Å². The van der Waals surface area contributed by atoms with Crippen LogP contribution in [0.4, 0.5) is 23.2 Å². The number of hydrogen-bond donors (Lipinski definition) is 1. The molecule has 3 aromatic heterocycles. The van der Waals surface area contributed by atoms with E-state index in [1.807, 2.05) is 0 Å². The minimum Gasteiger partial charge on any atom is -0.421 e. The molecule has 4 heterocycles. The minimum absolute atomic E-state index is 0.0372. The molecular formula is C21H18F4N6O4S. The number of benzene rings is 1. The Bertz CT molecular complexity index is 1630. The van der Waals surface area contributed by atoms with Gasteiger partial charge in [0.05, 0.1) is 28.7 Å². The maximum atomic E-state index is 13.7. The van der Waals surface area contributed by atoms with Crippen LogP contribution in [-0.4, -0.2) is 50.5 Å². The molecule has 0 aliphatic carbocycles. The molecule has 0 unspecified atom stereocenters. The molecule has 0 radical (unpaired) electrons. The number of pyridine rings is 1. The Morgan fingerprint density at radius 2 is 1.61 bits per heavy atom. The van der Waals surface area contributed by atoms with Crippen molar-refractivity contribution in [2.75, 3.05) is 11.5 Å². The van der Waals surface area contributed by atoms with Gasteiger partial charge in [0.2, 0.25) is 0 Å². The first-order valence-corrected chi connectivity index (χ1v) is 12.1. The van der Waals surface area contributed by atoms with Gasteiger partial charge >= 0.3 is 12.2 Å². The number of rotatable bonds is 4. The van der Waals surface area contributed by atoms with Gasteiger partial charge < -0.3 is 24.3 Å². The summed E-state index contributed by atoms with van der Waals surface area (Å²) in [4.78, 5) is 13.1. The number of halogens is 4. The first kappa shape index (κ1) is 23.8. The van der Waals surface area contributed by atoms with Gasteiger partial charge in [-0.15, -0.1) is 0 Å². The summed E-state index contributed by atoms with van der Waals surface area (Å²) in [5, 5.41) is -0.160. The Kier molecular flexibility index (Phi) is 5.01. The highest BCUT2D eigenvalue weighted by Gasteiger charge is 2.66. The molecule has 10 nitrogen and oxygen atoms in total. The van der Waals surface area contributed by atoms with E-state index in [4.69, 9.17) is 5.73 Å². The molecule has 0 amide bonds. The van der Waals surface area contributed by atoms with Gasteiger partial charge in [-0.2, -0.15) is 17.6 Å². The van der Waals surface area contributed by atoms with Crippen LogP contribution in [0.5, 0.6) is 11.5 Å². The SMILES string of the molecule is CCS(=O)(=O)c1c(-c2nc3cc4c(cc3n2C)OC(F)(F)C(F)(F)O4)nc(-c2ccc(N)cn2)n1C. The zero-order valence-corrected chi connectivity index (χ0v) is 19.8. The molecule has 1 aliphatic rings. The van der Waals surface area contributed by atoms with E-state index in [1.165, 1.54) is 36.4 Å². The van der Waals surface area contributed by atoms with Gasteiger partial charge in [-0.05, 0) is 12.1 Å². The van der Waals surface area contributed by atoms with E-state index in [1.54, 1.807) is 12.1 Å². The number of ether oxygens (including phenoxy) is 2. The standard InChI is InChI=1S/C21H18F4N6O4S/c1-4-36(32,33)19-16(29-17(31(19)3)11-6-5-10(26)9-27-11)18-28-12-7-14-15(8-13(12)30(18)2)35-21(24,25)20(22,23)34-14/h5-9H,4,26H2,1-3H3. The molecule has 1 aliphatic heterocycles. The first-order chi connectivity index (χ1) is 16.8. The lowest BCUT2D eigenvalue weighted by atomic mass is 10.2. The number of nitrogen functional groups attached to an aromatic ring is 1. The average Bonchev–Trinajstić information content (AvgIpc) is 3.30. The van der Waals surface area contributed by atoms with Crippen molar-refractivity contribution in [2.45, 2.75) is 24.2 Å². The van der Waals surface area contributed by atoms with Crippen molar-refractivity contribution in [1.82, 2.24) is 24.1 Å². The molecule has 0 spiro atoms. The summed E-state index contributed by atoms with van der Waals surface area (Å²) in [6, 6.07) is 5.22. The Morgan fingerprint density at radius 1 is 0.972 bits per heavy atom. The molecule has 4 aromatic rings. The predicted molar refractivity (Wildman–Crippen MR) is 119 cm³/mol. The lowest BCUT2D eigenvalue weighted by molar-refractivity contribution is -0.391. The molecule has 0 saturated heterocycles. The summed E-state index contributed by atoms with van der Waals surface area (Å²) in [6.45, 7) is 1.46. The Hall–Kier alpha value is -3.88. The van der Waals surface area contributed by atoms with E-state index in [-0.39, 0.29) is 39.2 Å². The predicted octanol–water partition coefficient (Wildman–Crippen LogP) is 3.37. The summed E-state index contributed by atoms with van der Waals surface area (Å²) in [7, 11) is -0.865. The Balaban J connectivity index is 1.74. The van der Waals surface area contributed by atoms with Crippen LogP contribution >= 0.6 is 0 Å². The van der Waals surface area contributed by atoms with Crippen LogP contribution in [0.1, 0.15) is 6.92 Å². The van der Waals surface area contributed by atoms with Gasteiger partial charge in [-0.3, -0.25) is 4.98 Å². The number of sulfone groups is 1. The molecule has 0 fully saturated rings. The molecule has 1 aromatic carbocycles. The molecule has 190 valence electrons. The van der Waals surface area contributed by atoms with Crippen molar-refractivity contribution in [2.24, 2.45) is 14.1 Å². The van der Waals surface area contributed by atoms with Crippen LogP contribution in [0.15, 0.2) is 35.5 Å². The van der Waals surface area contributed by atoms with E-state index >= 15 is 0 Å². The third-order valence-corrected chi connectivity index (χ3v) is 7.52. The minimum atomic E-state index is -4.89. The second-order valence-electron chi connectivity index (χ2n) is 8.05. The maximum Gasteiger partial charge on any atom is 0.507 e. The van der Waals surface area contributed by atoms with Gasteiger partial charge in [0.25, 0.3) is 0 Å². The number of aromatic nitrogens is 5. The first-order valence-electron chi connectivity index (χ1n) is 10.4. The van der Waals surface area contributed by atoms with E-state index < -0.39 is 33.6 Å². The Labute approximate surface area is 201 Å². The molecule has 15 heteroatoms. The second kappa shape index (κ2) is 7.56. The van der Waals surface area contributed by atoms with Gasteiger partial charge in [0.15, 0.2) is 38.0 Å². The number of aryl methyl sites for hydroxylation is 1. The summed E-state index contributed by atoms with van der Waals surface area (Å²) in [5.74, 6) is -1.28. The fourth-order valence-electron chi connectivity index (χ4n) is 3.85. The zero-order valence-electron chi connectivity index (χ0n) is 19.0. The number of hydrogen-bond acceptors (Lipinski definition) is 8. The van der Waals surface area contributed by atoms with Gasteiger partial charge in [-0.25, -0.2) is 18.4 Å². The largest absolute Gasteiger partial charge is 0.507 e. The van der Waals surface area contributed by atoms with E-state index in [0.29, 0.717) is 11.4 Å². The van der Waals surface area contributed by atoms with Gasteiger partial charge in [0.1, 0.15) is 11.4 Å². The summed E-state index contributed by atoms with van der Waals surface area (Å²) in [5.41, 5.74) is 6.64. The fourth-order valence-corrected chi connectivity index (χ4v) is 5.06. The third kappa shape index (κ3) is 3.44. The summed E-state index contributed by atoms with van der Waals surface area (Å²) < 4.78 is 91.9. The smallest absolute Gasteiger partial charge is 0.421 e. The maximum absolute atomic E-state index is 13.7. The number of alkyl halides is 4. The van der Waals surface area contributed by atoms with Crippen molar-refractivity contribution in [3.63, 3.8) is 0 Å². The van der Waals surface area contributed by atoms with Crippen molar-refractivity contribution < 1.29 is 35.5 Å². The highest BCUT2D eigenvalue weighted by molar-refractivity contribution is 7.91. The quantitative estimate of drug-likeness (QED) is 0.401. The van der Waals surface area contributed by atoms with E-state index in [0.717, 1.165) is 12.1 Å². The summed E-state index contributed by atoms with van der Waals surface area (Å²) in [6.07, 6.45) is -8.39. The Morgan fingerprint density at radius 3 is 2.19 bits per heavy atom. The second-order valence-corrected chi connectivity index (χ2v) is 10.2. The molecule has 0 bridgehead atoms. The van der Waals surface area contributed by atoms with Crippen LogP contribution in [0, 0.1) is 0 Å². The molecule has 0 atom stereocenters. The van der Waals surface area contributed by atoms with Crippen molar-refractivity contribution in [3.05, 3.63) is 30.5 Å². The van der Waals surface area contributed by atoms with Crippen molar-refractivity contribution in [1.29, 1.82) is 0 Å².